The van der Waals surface area contributed by atoms with Crippen LogP contribution >= 0.6 is 0 Å². The summed E-state index contributed by atoms with van der Waals surface area (Å²) in [6.45, 7) is 2.06. The highest BCUT2D eigenvalue weighted by molar-refractivity contribution is 5.75. The van der Waals surface area contributed by atoms with Gasteiger partial charge in [-0.1, -0.05) is 0 Å². The van der Waals surface area contributed by atoms with Gasteiger partial charge in [0.2, 0.25) is 6.33 Å². The largest absolute Gasteiger partial charge is 0.296 e. The Labute approximate surface area is 59.9 Å². The summed E-state index contributed by atoms with van der Waals surface area (Å²) >= 11 is 0. The summed E-state index contributed by atoms with van der Waals surface area (Å²) in [5.41, 5.74) is 0. The highest BCUT2D eigenvalue weighted by Crippen LogP contribution is 1.83. The molecule has 0 amide bonds. The van der Waals surface area contributed by atoms with Gasteiger partial charge in [0.15, 0.2) is 5.78 Å². The Balaban J connectivity index is 2.67. The van der Waals surface area contributed by atoms with Gasteiger partial charge in [-0.05, 0) is 6.92 Å². The number of aromatic nitrogens is 2. The summed E-state index contributed by atoms with van der Waals surface area (Å²) < 4.78 is 3.76. The van der Waals surface area contributed by atoms with Crippen molar-refractivity contribution in [1.29, 1.82) is 0 Å². The molecule has 0 atom stereocenters. The van der Waals surface area contributed by atoms with E-state index in [2.05, 4.69) is 0 Å². The van der Waals surface area contributed by atoms with Crippen LogP contribution in [0, 0.1) is 0 Å². The molecule has 0 fully saturated rings. The van der Waals surface area contributed by atoms with E-state index >= 15 is 0 Å². The van der Waals surface area contributed by atoms with Crippen molar-refractivity contribution in [3.05, 3.63) is 18.7 Å². The molecular formula is C7H11N2O+. The molecular weight excluding hydrogens is 128 g/mol. The number of hydrogen-bond donors (Lipinski definition) is 0. The summed E-state index contributed by atoms with van der Waals surface area (Å²) in [6, 6.07) is 0. The van der Waals surface area contributed by atoms with E-state index in [-0.39, 0.29) is 5.78 Å². The normalized spacial score (nSPS) is 9.80. The molecule has 0 aliphatic carbocycles. The van der Waals surface area contributed by atoms with Gasteiger partial charge >= 0.3 is 0 Å². The van der Waals surface area contributed by atoms with Gasteiger partial charge < -0.3 is 0 Å². The van der Waals surface area contributed by atoms with Crippen LogP contribution < -0.4 is 4.57 Å². The van der Waals surface area contributed by atoms with Crippen LogP contribution in [0.1, 0.15) is 6.92 Å². The van der Waals surface area contributed by atoms with Gasteiger partial charge in [-0.15, -0.1) is 0 Å². The van der Waals surface area contributed by atoms with Crippen molar-refractivity contribution in [2.24, 2.45) is 7.05 Å². The lowest BCUT2D eigenvalue weighted by molar-refractivity contribution is -0.671. The third kappa shape index (κ3) is 1.69. The minimum Gasteiger partial charge on any atom is -0.296 e. The Morgan fingerprint density at radius 2 is 2.40 bits per heavy atom. The van der Waals surface area contributed by atoms with E-state index in [0.717, 1.165) is 0 Å². The number of carbonyl (C=O) groups is 1. The van der Waals surface area contributed by atoms with Gasteiger partial charge in [0, 0.05) is 0 Å². The van der Waals surface area contributed by atoms with Crippen molar-refractivity contribution in [3.8, 4) is 0 Å². The summed E-state index contributed by atoms with van der Waals surface area (Å²) in [7, 11) is 1.93. The Bertz CT molecular complexity index is 240. The van der Waals surface area contributed by atoms with Crippen LogP contribution in [0.2, 0.25) is 0 Å². The van der Waals surface area contributed by atoms with E-state index in [1.54, 1.807) is 6.92 Å². The highest BCUT2D eigenvalue weighted by Gasteiger charge is 2.01. The molecule has 0 saturated carbocycles. The van der Waals surface area contributed by atoms with Crippen molar-refractivity contribution in [2.75, 3.05) is 0 Å². The standard InChI is InChI=1S/C7H11N2O/c1-7(10)5-9-4-3-8(2)6-9/h3-4,6H,5H2,1-2H3/q+1. The molecule has 0 radical (unpaired) electrons. The Morgan fingerprint density at radius 1 is 1.70 bits per heavy atom. The van der Waals surface area contributed by atoms with Crippen LogP contribution in [0.3, 0.4) is 0 Å². The number of imidazole rings is 1. The molecule has 3 heteroatoms. The number of Topliss-reactive ketones (excluding diaryl/α,β-unsaturated/α-hetero) is 1. The quantitative estimate of drug-likeness (QED) is 0.525. The van der Waals surface area contributed by atoms with Crippen LogP contribution in [0.15, 0.2) is 18.7 Å². The first kappa shape index (κ1) is 6.99. The minimum absolute atomic E-state index is 0.177. The van der Waals surface area contributed by atoms with Gasteiger partial charge in [-0.2, -0.15) is 0 Å². The molecule has 1 rings (SSSR count). The average Bonchev–Trinajstić information content (AvgIpc) is 2.13. The fourth-order valence-corrected chi connectivity index (χ4v) is 0.852. The third-order valence-corrected chi connectivity index (χ3v) is 1.23. The highest BCUT2D eigenvalue weighted by atomic mass is 16.1. The molecule has 0 saturated heterocycles. The van der Waals surface area contributed by atoms with Crippen LogP contribution in [-0.2, 0) is 18.4 Å². The van der Waals surface area contributed by atoms with E-state index in [1.807, 2.05) is 34.9 Å². The molecule has 0 unspecified atom stereocenters. The summed E-state index contributed by atoms with van der Waals surface area (Å²) in [4.78, 5) is 10.6. The van der Waals surface area contributed by atoms with Crippen molar-refractivity contribution in [2.45, 2.75) is 13.5 Å². The van der Waals surface area contributed by atoms with Gasteiger partial charge in [-0.25, -0.2) is 9.13 Å². The zero-order valence-electron chi connectivity index (χ0n) is 6.24. The molecule has 0 aliphatic heterocycles. The first-order chi connectivity index (χ1) is 4.68. The van der Waals surface area contributed by atoms with E-state index in [9.17, 15) is 4.79 Å². The lowest BCUT2D eigenvalue weighted by Crippen LogP contribution is -2.24. The number of nitrogens with zero attached hydrogens (tertiary/aromatic N) is 2. The monoisotopic (exact) mass is 139 g/mol. The molecule has 10 heavy (non-hydrogen) atoms. The number of ketones is 1. The molecule has 3 nitrogen and oxygen atoms in total. The zero-order valence-corrected chi connectivity index (χ0v) is 6.24. The number of hydrogen-bond acceptors (Lipinski definition) is 1. The second-order valence-electron chi connectivity index (χ2n) is 2.45. The van der Waals surface area contributed by atoms with Crippen molar-refractivity contribution < 1.29 is 9.36 Å². The van der Waals surface area contributed by atoms with E-state index < -0.39 is 0 Å². The molecule has 0 aromatic carbocycles. The van der Waals surface area contributed by atoms with E-state index in [1.165, 1.54) is 0 Å². The van der Waals surface area contributed by atoms with Crippen LogP contribution in [0.4, 0.5) is 0 Å². The maximum absolute atomic E-state index is 10.6. The number of rotatable bonds is 2. The zero-order chi connectivity index (χ0) is 7.56. The summed E-state index contributed by atoms with van der Waals surface area (Å²) in [5.74, 6) is 0.177. The maximum Gasteiger partial charge on any atom is 0.243 e. The molecule has 1 aromatic heterocycles. The Hall–Kier alpha value is -1.12. The molecule has 1 aromatic rings. The van der Waals surface area contributed by atoms with E-state index in [0.29, 0.717) is 6.54 Å². The fraction of sp³-hybridized carbons (Fsp3) is 0.429. The summed E-state index contributed by atoms with van der Waals surface area (Å²) in [6.07, 6.45) is 5.66. The maximum atomic E-state index is 10.6. The number of aryl methyl sites for hydroxylation is 1. The first-order valence-electron chi connectivity index (χ1n) is 3.19. The predicted molar refractivity (Wildman–Crippen MR) is 36.3 cm³/mol. The first-order valence-corrected chi connectivity index (χ1v) is 3.19. The van der Waals surface area contributed by atoms with Gasteiger partial charge in [0.25, 0.3) is 0 Å². The van der Waals surface area contributed by atoms with Crippen LogP contribution in [0.5, 0.6) is 0 Å². The van der Waals surface area contributed by atoms with Crippen LogP contribution in [-0.4, -0.2) is 10.4 Å². The Morgan fingerprint density at radius 3 is 2.80 bits per heavy atom. The van der Waals surface area contributed by atoms with E-state index in [4.69, 9.17) is 0 Å². The van der Waals surface area contributed by atoms with Gasteiger partial charge in [0.1, 0.15) is 18.9 Å². The lowest BCUT2D eigenvalue weighted by Gasteiger charge is -1.86. The SMILES string of the molecule is CC(=O)Cn1cc[n+](C)c1. The Kier molecular flexibility index (Phi) is 1.85. The average molecular weight is 139 g/mol. The smallest absolute Gasteiger partial charge is 0.243 e. The molecule has 0 N–H and O–H groups in total. The fourth-order valence-electron chi connectivity index (χ4n) is 0.852. The minimum atomic E-state index is 0.177. The molecule has 1 heterocycles. The predicted octanol–water partition coefficient (Wildman–Crippen LogP) is -0.0984. The molecule has 0 spiro atoms. The summed E-state index contributed by atoms with van der Waals surface area (Å²) in [5, 5.41) is 0. The van der Waals surface area contributed by atoms with Crippen molar-refractivity contribution in [1.82, 2.24) is 4.57 Å². The van der Waals surface area contributed by atoms with Crippen molar-refractivity contribution >= 4 is 5.78 Å². The number of carbonyl (C=O) groups excluding carboxylic acids is 1. The second kappa shape index (κ2) is 2.64. The topological polar surface area (TPSA) is 25.9 Å². The second-order valence-corrected chi connectivity index (χ2v) is 2.45. The molecule has 54 valence electrons. The molecule has 0 aliphatic rings. The van der Waals surface area contributed by atoms with Gasteiger partial charge in [0.05, 0.1) is 7.05 Å². The third-order valence-electron chi connectivity index (χ3n) is 1.23. The van der Waals surface area contributed by atoms with Crippen molar-refractivity contribution in [3.63, 3.8) is 0 Å². The lowest BCUT2D eigenvalue weighted by atomic mass is 10.4. The molecule has 0 bridgehead atoms. The van der Waals surface area contributed by atoms with Gasteiger partial charge in [-0.3, -0.25) is 4.79 Å². The van der Waals surface area contributed by atoms with Crippen LogP contribution in [0.25, 0.3) is 0 Å².